The van der Waals surface area contributed by atoms with E-state index in [-0.39, 0.29) is 25.1 Å². The maximum Gasteiger partial charge on any atom is 0.328 e. The number of amides is 3. The van der Waals surface area contributed by atoms with Crippen LogP contribution in [0.4, 0.5) is 4.79 Å². The van der Waals surface area contributed by atoms with Crippen LogP contribution in [0.2, 0.25) is 5.02 Å². The number of piperazine rings is 1. The first-order chi connectivity index (χ1) is 18.3. The van der Waals surface area contributed by atoms with E-state index in [4.69, 9.17) is 21.3 Å². The van der Waals surface area contributed by atoms with Gasteiger partial charge in [-0.25, -0.2) is 9.79 Å². The molecule has 2 aromatic rings. The van der Waals surface area contributed by atoms with E-state index in [0.29, 0.717) is 16.7 Å². The number of urea groups is 1. The molecule has 2 fully saturated rings. The third kappa shape index (κ3) is 5.43. The quantitative estimate of drug-likeness (QED) is 0.572. The van der Waals surface area contributed by atoms with Gasteiger partial charge in [0.1, 0.15) is 18.5 Å². The summed E-state index contributed by atoms with van der Waals surface area (Å²) in [6.45, 7) is 4.16. The number of carbonyl (C=O) groups excluding carboxylic acids is 2. The number of ether oxygens (including phenoxy) is 1. The molecule has 3 unspecified atom stereocenters. The van der Waals surface area contributed by atoms with E-state index >= 15 is 0 Å². The summed E-state index contributed by atoms with van der Waals surface area (Å²) >= 11 is 5.94. The second-order valence-electron chi connectivity index (χ2n) is 9.90. The molecule has 5 rings (SSSR count). The Morgan fingerprint density at radius 2 is 1.71 bits per heavy atom. The lowest BCUT2D eigenvalue weighted by atomic mass is 10.1. The van der Waals surface area contributed by atoms with Crippen molar-refractivity contribution < 1.29 is 19.4 Å². The Morgan fingerprint density at radius 3 is 2.39 bits per heavy atom. The second-order valence-corrected chi connectivity index (χ2v) is 10.3. The summed E-state index contributed by atoms with van der Waals surface area (Å²) in [5.74, 6) is 0.897. The molecule has 38 heavy (non-hydrogen) atoms. The number of carbonyl (C=O) groups is 2. The van der Waals surface area contributed by atoms with Crippen LogP contribution in [0.25, 0.3) is 0 Å². The number of aliphatic hydroxyl groups excluding tert-OH is 1. The molecule has 0 bridgehead atoms. The predicted octanol–water partition coefficient (Wildman–Crippen LogP) is 1.79. The molecule has 3 atom stereocenters. The number of aliphatic imine (C=N–C) groups is 1. The van der Waals surface area contributed by atoms with Gasteiger partial charge in [0.25, 0.3) is 5.91 Å². The van der Waals surface area contributed by atoms with Crippen LogP contribution in [0.1, 0.15) is 5.56 Å². The van der Waals surface area contributed by atoms with Crippen molar-refractivity contribution in [2.45, 2.75) is 24.9 Å². The predicted molar refractivity (Wildman–Crippen MR) is 144 cm³/mol. The minimum atomic E-state index is -0.893. The molecule has 0 radical (unpaired) electrons. The third-order valence-corrected chi connectivity index (χ3v) is 7.51. The molecule has 0 spiro atoms. The highest BCUT2D eigenvalue weighted by Gasteiger charge is 2.52. The summed E-state index contributed by atoms with van der Waals surface area (Å²) in [6, 6.07) is 16.2. The number of β-amino-alcohol motifs (C(OH)–C–C–N with tert-alkyl or cyclic N) is 1. The number of hydrogen-bond donors (Lipinski definition) is 1. The summed E-state index contributed by atoms with van der Waals surface area (Å²) in [5, 5.41) is 11.5. The summed E-state index contributed by atoms with van der Waals surface area (Å²) in [4.78, 5) is 39.8. The van der Waals surface area contributed by atoms with Crippen LogP contribution >= 0.6 is 11.6 Å². The number of hydrogen-bond acceptors (Lipinski definition) is 8. The van der Waals surface area contributed by atoms with Gasteiger partial charge in [-0.1, -0.05) is 41.9 Å². The van der Waals surface area contributed by atoms with Crippen LogP contribution in [0.5, 0.6) is 5.75 Å². The number of likely N-dealkylation sites (N-methyl/N-ethyl adjacent to an activating group) is 2. The zero-order chi connectivity index (χ0) is 26.8. The van der Waals surface area contributed by atoms with Gasteiger partial charge in [0.15, 0.2) is 18.2 Å². The van der Waals surface area contributed by atoms with E-state index < -0.39 is 18.3 Å². The minimum Gasteiger partial charge on any atom is -0.491 e. The molecule has 2 aromatic carbocycles. The number of nitrogens with zero attached hydrogens (tertiary/aromatic N) is 6. The first-order valence-corrected chi connectivity index (χ1v) is 13.2. The van der Waals surface area contributed by atoms with Crippen LogP contribution in [-0.4, -0.2) is 119 Å². The van der Waals surface area contributed by atoms with Crippen LogP contribution in [-0.2, 0) is 11.3 Å². The Bertz CT molecular complexity index is 1170. The van der Waals surface area contributed by atoms with E-state index in [1.165, 1.54) is 17.5 Å². The first kappa shape index (κ1) is 26.3. The van der Waals surface area contributed by atoms with Crippen molar-refractivity contribution in [1.29, 1.82) is 0 Å². The van der Waals surface area contributed by atoms with Crippen molar-refractivity contribution in [3.8, 4) is 5.75 Å². The Kier molecular flexibility index (Phi) is 7.73. The second kappa shape index (κ2) is 11.2. The normalized spacial score (nSPS) is 23.0. The summed E-state index contributed by atoms with van der Waals surface area (Å²) in [6.07, 6.45) is -1.54. The highest BCUT2D eigenvalue weighted by molar-refractivity contribution is 6.30. The minimum absolute atomic E-state index is 0.0342. The van der Waals surface area contributed by atoms with Crippen LogP contribution in [0.15, 0.2) is 59.6 Å². The fraction of sp³-hybridized carbons (Fsp3) is 0.444. The van der Waals surface area contributed by atoms with Gasteiger partial charge >= 0.3 is 6.03 Å². The van der Waals surface area contributed by atoms with Crippen molar-refractivity contribution in [1.82, 2.24) is 24.5 Å². The molecule has 1 N–H and O–H groups in total. The van der Waals surface area contributed by atoms with Gasteiger partial charge < -0.3 is 24.5 Å². The van der Waals surface area contributed by atoms with E-state index in [1.54, 1.807) is 31.3 Å². The molecule has 0 aliphatic carbocycles. The van der Waals surface area contributed by atoms with E-state index in [2.05, 4.69) is 21.9 Å². The highest BCUT2D eigenvalue weighted by atomic mass is 35.5. The van der Waals surface area contributed by atoms with Gasteiger partial charge in [-0.05, 0) is 29.8 Å². The fourth-order valence-corrected chi connectivity index (χ4v) is 5.29. The monoisotopic (exact) mass is 540 g/mol. The average molecular weight is 541 g/mol. The summed E-state index contributed by atoms with van der Waals surface area (Å²) in [7, 11) is 3.14. The number of guanidine groups is 1. The number of aliphatic hydroxyl groups is 1. The lowest BCUT2D eigenvalue weighted by molar-refractivity contribution is -0.136. The van der Waals surface area contributed by atoms with Gasteiger partial charge in [0, 0.05) is 51.8 Å². The molecule has 202 valence electrons. The fourth-order valence-electron chi connectivity index (χ4n) is 5.16. The van der Waals surface area contributed by atoms with Crippen molar-refractivity contribution in [2.75, 3.05) is 53.4 Å². The lowest BCUT2D eigenvalue weighted by Crippen LogP contribution is -2.65. The van der Waals surface area contributed by atoms with Crippen molar-refractivity contribution in [3.05, 3.63) is 65.2 Å². The molecule has 3 heterocycles. The lowest BCUT2D eigenvalue weighted by Gasteiger charge is -2.42. The van der Waals surface area contributed by atoms with Gasteiger partial charge in [0.05, 0.1) is 6.54 Å². The Hall–Kier alpha value is -3.34. The Labute approximate surface area is 227 Å². The van der Waals surface area contributed by atoms with E-state index in [0.717, 1.165) is 37.6 Å². The molecular formula is C27H33ClN6O4. The zero-order valence-electron chi connectivity index (χ0n) is 21.6. The molecule has 3 amide bonds. The number of halogens is 1. The van der Waals surface area contributed by atoms with Crippen LogP contribution < -0.4 is 4.74 Å². The Morgan fingerprint density at radius 1 is 1.03 bits per heavy atom. The third-order valence-electron chi connectivity index (χ3n) is 7.26. The number of fused-ring (bicyclic) bond motifs is 1. The SMILES string of the molecule is CN1C(=O)C2C(N=C(N3CCN(Cc4ccccc4)CC3)N2CC(O)COc2ccc(Cl)cc2)N(C)C1=O. The molecule has 0 saturated carbocycles. The van der Waals surface area contributed by atoms with Crippen molar-refractivity contribution in [3.63, 3.8) is 0 Å². The van der Waals surface area contributed by atoms with Gasteiger partial charge in [0.2, 0.25) is 0 Å². The van der Waals surface area contributed by atoms with Crippen molar-refractivity contribution in [2.24, 2.45) is 4.99 Å². The zero-order valence-corrected chi connectivity index (χ0v) is 22.4. The largest absolute Gasteiger partial charge is 0.491 e. The number of imide groups is 1. The van der Waals surface area contributed by atoms with Gasteiger partial charge in [-0.3, -0.25) is 14.6 Å². The number of benzene rings is 2. The maximum atomic E-state index is 13.3. The molecule has 11 heteroatoms. The van der Waals surface area contributed by atoms with E-state index in [1.807, 2.05) is 23.1 Å². The molecule has 0 aromatic heterocycles. The summed E-state index contributed by atoms with van der Waals surface area (Å²) in [5.41, 5.74) is 1.27. The van der Waals surface area contributed by atoms with Crippen LogP contribution in [0.3, 0.4) is 0 Å². The van der Waals surface area contributed by atoms with Crippen LogP contribution in [0, 0.1) is 0 Å². The average Bonchev–Trinajstić information content (AvgIpc) is 3.30. The molecule has 2 saturated heterocycles. The first-order valence-electron chi connectivity index (χ1n) is 12.8. The maximum absolute atomic E-state index is 13.3. The highest BCUT2D eigenvalue weighted by Crippen LogP contribution is 2.29. The standard InChI is InChI=1S/C27H33ClN6O4/c1-30-24-23(25(36)31(2)27(30)37)34(17-21(35)18-38-22-10-8-20(28)9-11-22)26(29-24)33-14-12-32(13-15-33)16-19-6-4-3-5-7-19/h3-11,21,23-24,35H,12-18H2,1-2H3. The van der Waals surface area contributed by atoms with Crippen molar-refractivity contribution >= 4 is 29.5 Å². The molecular weight excluding hydrogens is 508 g/mol. The van der Waals surface area contributed by atoms with E-state index in [9.17, 15) is 14.7 Å². The topological polar surface area (TPSA) is 92.2 Å². The molecule has 10 nitrogen and oxygen atoms in total. The smallest absolute Gasteiger partial charge is 0.328 e. The molecule has 3 aliphatic rings. The summed E-state index contributed by atoms with van der Waals surface area (Å²) < 4.78 is 5.75. The molecule has 3 aliphatic heterocycles. The Balaban J connectivity index is 1.29. The van der Waals surface area contributed by atoms with Gasteiger partial charge in [-0.2, -0.15) is 0 Å². The van der Waals surface area contributed by atoms with Gasteiger partial charge in [-0.15, -0.1) is 0 Å². The number of rotatable bonds is 7.